The zero-order chi connectivity index (χ0) is 22.7. The van der Waals surface area contributed by atoms with E-state index in [0.717, 1.165) is 44.5 Å². The number of piperidine rings is 2. The van der Waals surface area contributed by atoms with Crippen LogP contribution in [0.5, 0.6) is 0 Å². The molecule has 0 N–H and O–H groups in total. The van der Waals surface area contributed by atoms with E-state index in [1.807, 2.05) is 11.0 Å². The average molecular weight is 479 g/mol. The first-order valence-electron chi connectivity index (χ1n) is 11.1. The Morgan fingerprint density at radius 2 is 1.62 bits per heavy atom. The minimum Gasteiger partial charge on any atom is -0.342 e. The SMILES string of the molecule is O=C(C1CCN(S(=O)(=O)c2ccc(F)c(Cl)c2)CC1)N1CCC(Cc2ccccc2)CC1. The van der Waals surface area contributed by atoms with Crippen LogP contribution in [0.4, 0.5) is 4.39 Å². The molecule has 2 aromatic carbocycles. The summed E-state index contributed by atoms with van der Waals surface area (Å²) < 4.78 is 40.5. The summed E-state index contributed by atoms with van der Waals surface area (Å²) in [5, 5.41) is -0.216. The van der Waals surface area contributed by atoms with Crippen molar-refractivity contribution in [2.24, 2.45) is 11.8 Å². The third-order valence-electron chi connectivity index (χ3n) is 6.63. The van der Waals surface area contributed by atoms with Crippen molar-refractivity contribution in [3.63, 3.8) is 0 Å². The Morgan fingerprint density at radius 1 is 0.969 bits per heavy atom. The maximum absolute atomic E-state index is 13.4. The third kappa shape index (κ3) is 5.16. The van der Waals surface area contributed by atoms with E-state index in [4.69, 9.17) is 11.6 Å². The molecule has 2 aliphatic rings. The van der Waals surface area contributed by atoms with E-state index < -0.39 is 15.8 Å². The molecule has 5 nitrogen and oxygen atoms in total. The first kappa shape index (κ1) is 23.2. The van der Waals surface area contributed by atoms with E-state index in [0.29, 0.717) is 18.8 Å². The highest BCUT2D eigenvalue weighted by Crippen LogP contribution is 2.29. The van der Waals surface area contributed by atoms with Crippen molar-refractivity contribution in [2.75, 3.05) is 26.2 Å². The van der Waals surface area contributed by atoms with Crippen LogP contribution in [0.2, 0.25) is 5.02 Å². The van der Waals surface area contributed by atoms with Gasteiger partial charge in [0.2, 0.25) is 15.9 Å². The minimum atomic E-state index is -3.76. The van der Waals surface area contributed by atoms with Gasteiger partial charge in [0.25, 0.3) is 0 Å². The number of hydrogen-bond acceptors (Lipinski definition) is 3. The number of hydrogen-bond donors (Lipinski definition) is 0. The highest BCUT2D eigenvalue weighted by atomic mass is 35.5. The van der Waals surface area contributed by atoms with Crippen LogP contribution < -0.4 is 0 Å². The van der Waals surface area contributed by atoms with Crippen molar-refractivity contribution in [3.05, 3.63) is 64.9 Å². The quantitative estimate of drug-likeness (QED) is 0.641. The van der Waals surface area contributed by atoms with Gasteiger partial charge in [-0.15, -0.1) is 0 Å². The van der Waals surface area contributed by atoms with Crippen molar-refractivity contribution in [3.8, 4) is 0 Å². The fraction of sp³-hybridized carbons (Fsp3) is 0.458. The molecule has 8 heteroatoms. The van der Waals surface area contributed by atoms with Gasteiger partial charge in [0.1, 0.15) is 5.82 Å². The van der Waals surface area contributed by atoms with Crippen molar-refractivity contribution >= 4 is 27.5 Å². The number of nitrogens with zero attached hydrogens (tertiary/aromatic N) is 2. The molecule has 0 bridgehead atoms. The Hall–Kier alpha value is -1.96. The van der Waals surface area contributed by atoms with E-state index in [1.165, 1.54) is 15.9 Å². The summed E-state index contributed by atoms with van der Waals surface area (Å²) >= 11 is 5.76. The van der Waals surface area contributed by atoms with Crippen molar-refractivity contribution in [1.82, 2.24) is 9.21 Å². The van der Waals surface area contributed by atoms with Crippen LogP contribution in [0.3, 0.4) is 0 Å². The second-order valence-corrected chi connectivity index (χ2v) is 11.1. The van der Waals surface area contributed by atoms with E-state index in [2.05, 4.69) is 24.3 Å². The Balaban J connectivity index is 1.29. The molecule has 4 rings (SSSR count). The molecule has 2 aromatic rings. The first-order chi connectivity index (χ1) is 15.3. The molecule has 0 spiro atoms. The Morgan fingerprint density at radius 3 is 2.25 bits per heavy atom. The van der Waals surface area contributed by atoms with Gasteiger partial charge in [0.05, 0.1) is 9.92 Å². The zero-order valence-electron chi connectivity index (χ0n) is 17.9. The van der Waals surface area contributed by atoms with Crippen LogP contribution in [-0.2, 0) is 21.2 Å². The Kier molecular flexibility index (Phi) is 7.17. The van der Waals surface area contributed by atoms with Gasteiger partial charge in [-0.05, 0) is 61.8 Å². The number of likely N-dealkylation sites (tertiary alicyclic amines) is 1. The molecule has 1 amide bonds. The van der Waals surface area contributed by atoms with Gasteiger partial charge in [0, 0.05) is 32.1 Å². The van der Waals surface area contributed by atoms with E-state index in [9.17, 15) is 17.6 Å². The summed E-state index contributed by atoms with van der Waals surface area (Å²) in [6.07, 6.45) is 4.04. The van der Waals surface area contributed by atoms with Crippen LogP contribution in [0, 0.1) is 17.7 Å². The Labute approximate surface area is 194 Å². The number of rotatable bonds is 5. The standard InChI is InChI=1S/C24H28ClFN2O3S/c25-22-17-21(6-7-23(22)26)32(30,31)28-14-10-20(11-15-28)24(29)27-12-8-19(9-13-27)16-18-4-2-1-3-5-18/h1-7,17,19-20H,8-16H2. The normalized spacial score (nSPS) is 19.2. The molecule has 2 heterocycles. The predicted octanol–water partition coefficient (Wildman–Crippen LogP) is 4.36. The van der Waals surface area contributed by atoms with Crippen LogP contribution >= 0.6 is 11.6 Å². The summed E-state index contributed by atoms with van der Waals surface area (Å²) in [7, 11) is -3.76. The lowest BCUT2D eigenvalue weighted by Gasteiger charge is -2.37. The summed E-state index contributed by atoms with van der Waals surface area (Å²) in [5.41, 5.74) is 1.34. The van der Waals surface area contributed by atoms with E-state index >= 15 is 0 Å². The van der Waals surface area contributed by atoms with Gasteiger partial charge in [-0.2, -0.15) is 4.31 Å². The smallest absolute Gasteiger partial charge is 0.243 e. The van der Waals surface area contributed by atoms with Crippen molar-refractivity contribution < 1.29 is 17.6 Å². The highest BCUT2D eigenvalue weighted by Gasteiger charge is 2.35. The number of sulfonamides is 1. The molecular weight excluding hydrogens is 451 g/mol. The van der Waals surface area contributed by atoms with Gasteiger partial charge in [-0.25, -0.2) is 12.8 Å². The molecule has 0 aliphatic carbocycles. The lowest BCUT2D eigenvalue weighted by Crippen LogP contribution is -2.46. The third-order valence-corrected chi connectivity index (χ3v) is 8.81. The molecule has 2 saturated heterocycles. The number of halogens is 2. The summed E-state index contributed by atoms with van der Waals surface area (Å²) in [4.78, 5) is 15.0. The summed E-state index contributed by atoms with van der Waals surface area (Å²) in [5.74, 6) is -0.0626. The van der Waals surface area contributed by atoms with E-state index in [-0.39, 0.29) is 34.8 Å². The van der Waals surface area contributed by atoms with Crippen LogP contribution in [0.1, 0.15) is 31.2 Å². The molecule has 0 saturated carbocycles. The van der Waals surface area contributed by atoms with Gasteiger partial charge in [-0.3, -0.25) is 4.79 Å². The molecule has 172 valence electrons. The van der Waals surface area contributed by atoms with E-state index in [1.54, 1.807) is 0 Å². The molecule has 2 fully saturated rings. The monoisotopic (exact) mass is 478 g/mol. The van der Waals surface area contributed by atoms with Gasteiger partial charge in [-0.1, -0.05) is 41.9 Å². The summed E-state index contributed by atoms with van der Waals surface area (Å²) in [6.45, 7) is 2.09. The molecule has 32 heavy (non-hydrogen) atoms. The lowest BCUT2D eigenvalue weighted by atomic mass is 9.89. The van der Waals surface area contributed by atoms with Gasteiger partial charge in [0.15, 0.2) is 0 Å². The molecule has 0 radical (unpaired) electrons. The molecular formula is C24H28ClFN2O3S. The van der Waals surface area contributed by atoms with Gasteiger partial charge >= 0.3 is 0 Å². The molecule has 0 aromatic heterocycles. The molecule has 0 unspecified atom stereocenters. The van der Waals surface area contributed by atoms with Crippen LogP contribution in [-0.4, -0.2) is 49.7 Å². The fourth-order valence-corrected chi connectivity index (χ4v) is 6.43. The fourth-order valence-electron chi connectivity index (χ4n) is 4.69. The molecule has 2 aliphatic heterocycles. The summed E-state index contributed by atoms with van der Waals surface area (Å²) in [6, 6.07) is 13.9. The van der Waals surface area contributed by atoms with Gasteiger partial charge < -0.3 is 4.90 Å². The number of benzene rings is 2. The maximum Gasteiger partial charge on any atom is 0.243 e. The van der Waals surface area contributed by atoms with Crippen LogP contribution in [0.25, 0.3) is 0 Å². The highest BCUT2D eigenvalue weighted by molar-refractivity contribution is 7.89. The number of amides is 1. The predicted molar refractivity (Wildman–Crippen MR) is 122 cm³/mol. The molecule has 0 atom stereocenters. The first-order valence-corrected chi connectivity index (χ1v) is 12.9. The number of carbonyl (C=O) groups excluding carboxylic acids is 1. The second kappa shape index (κ2) is 9.89. The lowest BCUT2D eigenvalue weighted by molar-refractivity contribution is -0.138. The largest absolute Gasteiger partial charge is 0.342 e. The zero-order valence-corrected chi connectivity index (χ0v) is 19.5. The van der Waals surface area contributed by atoms with Crippen molar-refractivity contribution in [2.45, 2.75) is 37.0 Å². The topological polar surface area (TPSA) is 57.7 Å². The maximum atomic E-state index is 13.4. The average Bonchev–Trinajstić information content (AvgIpc) is 2.81. The Bertz CT molecular complexity index is 1050. The number of carbonyl (C=O) groups is 1. The minimum absolute atomic E-state index is 0.0193. The van der Waals surface area contributed by atoms with Crippen LogP contribution in [0.15, 0.2) is 53.4 Å². The second-order valence-electron chi connectivity index (χ2n) is 8.71. The van der Waals surface area contributed by atoms with Crippen molar-refractivity contribution in [1.29, 1.82) is 0 Å².